The Bertz CT molecular complexity index is 652. The number of hydrogen-bond acceptors (Lipinski definition) is 3. The van der Waals surface area contributed by atoms with E-state index in [1.165, 1.54) is 25.2 Å². The van der Waals surface area contributed by atoms with Crippen molar-refractivity contribution in [3.05, 3.63) is 44.6 Å². The first kappa shape index (κ1) is 9.39. The molecule has 0 amide bonds. The van der Waals surface area contributed by atoms with Crippen molar-refractivity contribution in [3.63, 3.8) is 0 Å². The number of rotatable bonds is 1. The summed E-state index contributed by atoms with van der Waals surface area (Å²) in [6, 6.07) is 4.54. The van der Waals surface area contributed by atoms with E-state index in [9.17, 15) is 14.4 Å². The topological polar surface area (TPSA) is 71.9 Å². The van der Waals surface area contributed by atoms with Crippen molar-refractivity contribution in [1.29, 1.82) is 0 Å². The predicted octanol–water partition coefficient (Wildman–Crippen LogP) is 0.0393. The lowest BCUT2D eigenvalue weighted by atomic mass is 10.2. The Morgan fingerprint density at radius 3 is 2.73 bits per heavy atom. The first-order valence-corrected chi connectivity index (χ1v) is 4.32. The molecule has 0 spiro atoms. The Labute approximate surface area is 84.0 Å². The van der Waals surface area contributed by atoms with Gasteiger partial charge in [-0.3, -0.25) is 14.2 Å². The number of nitrogens with one attached hydrogen (secondary N) is 1. The maximum absolute atomic E-state index is 11.6. The first-order chi connectivity index (χ1) is 7.13. The van der Waals surface area contributed by atoms with Crippen LogP contribution in [0.2, 0.25) is 0 Å². The number of aldehydes is 1. The second-order valence-electron chi connectivity index (χ2n) is 3.22. The number of benzene rings is 1. The normalized spacial score (nSPS) is 10.5. The summed E-state index contributed by atoms with van der Waals surface area (Å²) >= 11 is 0. The second kappa shape index (κ2) is 3.20. The van der Waals surface area contributed by atoms with E-state index in [1.807, 2.05) is 0 Å². The highest BCUT2D eigenvalue weighted by molar-refractivity contribution is 5.85. The van der Waals surface area contributed by atoms with Crippen LogP contribution in [0.1, 0.15) is 10.4 Å². The van der Waals surface area contributed by atoms with Crippen LogP contribution in [0.15, 0.2) is 27.8 Å². The fourth-order valence-corrected chi connectivity index (χ4v) is 1.40. The Balaban J connectivity index is 2.99. The van der Waals surface area contributed by atoms with Crippen LogP contribution in [0.4, 0.5) is 0 Å². The maximum Gasteiger partial charge on any atom is 0.328 e. The van der Waals surface area contributed by atoms with Gasteiger partial charge in [-0.25, -0.2) is 4.79 Å². The average Bonchev–Trinajstić information content (AvgIpc) is 2.25. The van der Waals surface area contributed by atoms with E-state index in [1.54, 1.807) is 0 Å². The van der Waals surface area contributed by atoms with Crippen LogP contribution in [0.25, 0.3) is 10.9 Å². The molecule has 0 aliphatic carbocycles. The molecule has 1 aromatic carbocycles. The molecule has 15 heavy (non-hydrogen) atoms. The summed E-state index contributed by atoms with van der Waals surface area (Å²) in [6.07, 6.45) is 0.662. The van der Waals surface area contributed by atoms with Gasteiger partial charge in [0.05, 0.1) is 10.9 Å². The molecule has 1 N–H and O–H groups in total. The van der Waals surface area contributed by atoms with Crippen LogP contribution in [0.3, 0.4) is 0 Å². The van der Waals surface area contributed by atoms with Gasteiger partial charge in [0.2, 0.25) is 0 Å². The SMILES string of the molecule is Cn1c(=O)[nH]c2cc(C=O)ccc2c1=O. The minimum absolute atomic E-state index is 0.369. The molecule has 0 unspecified atom stereocenters. The Morgan fingerprint density at radius 2 is 2.07 bits per heavy atom. The van der Waals surface area contributed by atoms with E-state index in [2.05, 4.69) is 4.98 Å². The Hall–Kier alpha value is -2.17. The highest BCUT2D eigenvalue weighted by Crippen LogP contribution is 2.06. The van der Waals surface area contributed by atoms with Crippen molar-refractivity contribution in [2.24, 2.45) is 7.05 Å². The van der Waals surface area contributed by atoms with Crippen molar-refractivity contribution in [3.8, 4) is 0 Å². The fraction of sp³-hybridized carbons (Fsp3) is 0.100. The van der Waals surface area contributed by atoms with Crippen LogP contribution in [-0.2, 0) is 7.05 Å². The molecule has 1 heterocycles. The first-order valence-electron chi connectivity index (χ1n) is 4.32. The van der Waals surface area contributed by atoms with Crippen molar-refractivity contribution in [2.75, 3.05) is 0 Å². The number of fused-ring (bicyclic) bond motifs is 1. The molecule has 0 aliphatic rings. The third-order valence-electron chi connectivity index (χ3n) is 2.26. The quantitative estimate of drug-likeness (QED) is 0.666. The molecule has 2 rings (SSSR count). The van der Waals surface area contributed by atoms with Crippen molar-refractivity contribution >= 4 is 17.2 Å². The monoisotopic (exact) mass is 204 g/mol. The van der Waals surface area contributed by atoms with E-state index in [0.717, 1.165) is 4.57 Å². The number of H-pyrrole nitrogens is 1. The summed E-state index contributed by atoms with van der Waals surface area (Å²) in [4.78, 5) is 35.9. The molecule has 0 bridgehead atoms. The zero-order valence-corrected chi connectivity index (χ0v) is 7.98. The molecule has 1 aromatic heterocycles. The molecule has 5 nitrogen and oxygen atoms in total. The summed E-state index contributed by atoms with van der Waals surface area (Å²) in [5.41, 5.74) is -0.0548. The van der Waals surface area contributed by atoms with Crippen LogP contribution in [-0.4, -0.2) is 15.8 Å². The third kappa shape index (κ3) is 1.38. The van der Waals surface area contributed by atoms with E-state index in [0.29, 0.717) is 22.8 Å². The van der Waals surface area contributed by atoms with Gasteiger partial charge in [0.25, 0.3) is 5.56 Å². The van der Waals surface area contributed by atoms with Crippen molar-refractivity contribution in [2.45, 2.75) is 0 Å². The fourth-order valence-electron chi connectivity index (χ4n) is 1.40. The minimum atomic E-state index is -0.490. The number of aromatic nitrogens is 2. The lowest BCUT2D eigenvalue weighted by molar-refractivity contribution is 0.112. The molecule has 76 valence electrons. The summed E-state index contributed by atoms with van der Waals surface area (Å²) in [6.45, 7) is 0. The van der Waals surface area contributed by atoms with E-state index >= 15 is 0 Å². The van der Waals surface area contributed by atoms with Gasteiger partial charge in [0.15, 0.2) is 0 Å². The molecule has 0 saturated carbocycles. The molecule has 0 fully saturated rings. The van der Waals surface area contributed by atoms with Gasteiger partial charge < -0.3 is 4.98 Å². The highest BCUT2D eigenvalue weighted by atomic mass is 16.2. The van der Waals surface area contributed by atoms with E-state index < -0.39 is 5.69 Å². The Kier molecular flexibility index (Phi) is 2.00. The van der Waals surface area contributed by atoms with E-state index in [4.69, 9.17) is 0 Å². The molecular weight excluding hydrogens is 196 g/mol. The molecule has 0 atom stereocenters. The van der Waals surface area contributed by atoms with Gasteiger partial charge in [-0.2, -0.15) is 0 Å². The van der Waals surface area contributed by atoms with Crippen LogP contribution in [0, 0.1) is 0 Å². The van der Waals surface area contributed by atoms with Gasteiger partial charge in [-0.15, -0.1) is 0 Å². The summed E-state index contributed by atoms with van der Waals surface area (Å²) in [7, 11) is 1.40. The van der Waals surface area contributed by atoms with Crippen LogP contribution < -0.4 is 11.2 Å². The minimum Gasteiger partial charge on any atom is -0.307 e. The van der Waals surface area contributed by atoms with Gasteiger partial charge in [-0.05, 0) is 12.1 Å². The average molecular weight is 204 g/mol. The molecule has 0 aliphatic heterocycles. The van der Waals surface area contributed by atoms with Gasteiger partial charge in [-0.1, -0.05) is 6.07 Å². The van der Waals surface area contributed by atoms with Crippen LogP contribution in [0.5, 0.6) is 0 Å². The lowest BCUT2D eigenvalue weighted by Gasteiger charge is -2.00. The zero-order chi connectivity index (χ0) is 11.0. The van der Waals surface area contributed by atoms with Gasteiger partial charge >= 0.3 is 5.69 Å². The zero-order valence-electron chi connectivity index (χ0n) is 7.98. The van der Waals surface area contributed by atoms with E-state index in [-0.39, 0.29) is 5.56 Å². The molecule has 5 heteroatoms. The van der Waals surface area contributed by atoms with Crippen LogP contribution >= 0.6 is 0 Å². The standard InChI is InChI=1S/C10H8N2O3/c1-12-9(14)7-3-2-6(5-13)4-8(7)11-10(12)15/h2-5H,1H3,(H,11,15). The van der Waals surface area contributed by atoms with Crippen molar-refractivity contribution < 1.29 is 4.79 Å². The Morgan fingerprint density at radius 1 is 1.33 bits per heavy atom. The molecule has 0 saturated heterocycles. The summed E-state index contributed by atoms with van der Waals surface area (Å²) in [5.74, 6) is 0. The molecule has 0 radical (unpaired) electrons. The number of carbonyl (C=O) groups is 1. The number of aromatic amines is 1. The maximum atomic E-state index is 11.6. The van der Waals surface area contributed by atoms with Crippen molar-refractivity contribution in [1.82, 2.24) is 9.55 Å². The summed E-state index contributed by atoms with van der Waals surface area (Å²) in [5, 5.41) is 0.391. The lowest BCUT2D eigenvalue weighted by Crippen LogP contribution is -2.32. The van der Waals surface area contributed by atoms with Gasteiger partial charge in [0.1, 0.15) is 6.29 Å². The van der Waals surface area contributed by atoms with Gasteiger partial charge in [0, 0.05) is 12.6 Å². The highest BCUT2D eigenvalue weighted by Gasteiger charge is 2.04. The largest absolute Gasteiger partial charge is 0.328 e. The smallest absolute Gasteiger partial charge is 0.307 e. The number of nitrogens with zero attached hydrogens (tertiary/aromatic N) is 1. The number of carbonyl (C=O) groups excluding carboxylic acids is 1. The molecule has 2 aromatic rings. The second-order valence-corrected chi connectivity index (χ2v) is 3.22. The summed E-state index contributed by atoms with van der Waals surface area (Å²) < 4.78 is 0.989. The number of hydrogen-bond donors (Lipinski definition) is 1. The molecular formula is C10H8N2O3. The third-order valence-corrected chi connectivity index (χ3v) is 2.26. The predicted molar refractivity (Wildman–Crippen MR) is 55.2 cm³/mol.